The van der Waals surface area contributed by atoms with Crippen molar-refractivity contribution in [2.24, 2.45) is 0 Å². The van der Waals surface area contributed by atoms with E-state index in [4.69, 9.17) is 4.42 Å². The van der Waals surface area contributed by atoms with Gasteiger partial charge in [-0.25, -0.2) is 0 Å². The first-order chi connectivity index (χ1) is 19.8. The van der Waals surface area contributed by atoms with Gasteiger partial charge in [0, 0.05) is 46.4 Å². The fourth-order valence-electron chi connectivity index (χ4n) is 6.09. The number of thiophene rings is 1. The maximum absolute atomic E-state index is 6.21. The molecule has 0 saturated heterocycles. The third-order valence-corrected chi connectivity index (χ3v) is 10.3. The minimum atomic E-state index is 0.940. The Hall–Kier alpha value is -4.51. The molecule has 6 aromatic carbocycles. The maximum Gasteiger partial charge on any atom is 0.136 e. The van der Waals surface area contributed by atoms with Gasteiger partial charge in [-0.05, 0) is 65.7 Å². The molecule has 1 aliphatic heterocycles. The first-order valence-electron chi connectivity index (χ1n) is 13.4. The Balaban J connectivity index is 1.27. The van der Waals surface area contributed by atoms with Crippen molar-refractivity contribution in [3.05, 3.63) is 127 Å². The molecule has 3 heterocycles. The molecule has 0 N–H and O–H groups in total. The Kier molecular flexibility index (Phi) is 4.74. The molecule has 188 valence electrons. The number of nitrogens with zero attached hydrogens (tertiary/aromatic N) is 1. The van der Waals surface area contributed by atoms with E-state index in [2.05, 4.69) is 126 Å². The first kappa shape index (κ1) is 22.3. The van der Waals surface area contributed by atoms with E-state index in [1.54, 1.807) is 0 Å². The second-order valence-corrected chi connectivity index (χ2v) is 12.2. The summed E-state index contributed by atoms with van der Waals surface area (Å²) < 4.78 is 8.81. The van der Waals surface area contributed by atoms with Crippen LogP contribution in [0.25, 0.3) is 53.2 Å². The highest BCUT2D eigenvalue weighted by molar-refractivity contribution is 7.99. The molecule has 0 spiro atoms. The number of rotatable bonds is 2. The number of hydrogen-bond acceptors (Lipinski definition) is 4. The Bertz CT molecular complexity index is 2230. The van der Waals surface area contributed by atoms with Crippen LogP contribution >= 0.6 is 23.1 Å². The number of benzene rings is 6. The summed E-state index contributed by atoms with van der Waals surface area (Å²) in [6, 6.07) is 45.8. The average Bonchev–Trinajstić information content (AvgIpc) is 3.58. The van der Waals surface area contributed by atoms with Crippen molar-refractivity contribution in [2.45, 2.75) is 9.79 Å². The summed E-state index contributed by atoms with van der Waals surface area (Å²) in [5.41, 5.74) is 7.97. The predicted octanol–water partition coefficient (Wildman–Crippen LogP) is 11.6. The van der Waals surface area contributed by atoms with Crippen LogP contribution in [0.5, 0.6) is 0 Å². The summed E-state index contributed by atoms with van der Waals surface area (Å²) in [6.45, 7) is 0. The van der Waals surface area contributed by atoms with Crippen molar-refractivity contribution >= 4 is 82.3 Å². The average molecular weight is 548 g/mol. The third kappa shape index (κ3) is 3.18. The molecule has 40 heavy (non-hydrogen) atoms. The molecule has 0 saturated carbocycles. The van der Waals surface area contributed by atoms with Crippen molar-refractivity contribution in [3.63, 3.8) is 0 Å². The number of furan rings is 1. The molecule has 0 amide bonds. The number of para-hydroxylation sites is 3. The van der Waals surface area contributed by atoms with Gasteiger partial charge in [-0.2, -0.15) is 0 Å². The Morgan fingerprint density at radius 2 is 1.23 bits per heavy atom. The van der Waals surface area contributed by atoms with Gasteiger partial charge in [-0.15, -0.1) is 11.3 Å². The summed E-state index contributed by atoms with van der Waals surface area (Å²) in [6.07, 6.45) is 0. The molecule has 1 aliphatic rings. The number of anilines is 3. The van der Waals surface area contributed by atoms with Crippen LogP contribution in [0.1, 0.15) is 0 Å². The molecular weight excluding hydrogens is 527 g/mol. The van der Waals surface area contributed by atoms with Crippen LogP contribution in [0.3, 0.4) is 0 Å². The van der Waals surface area contributed by atoms with Gasteiger partial charge in [0.2, 0.25) is 0 Å². The quantitative estimate of drug-likeness (QED) is 0.214. The topological polar surface area (TPSA) is 16.4 Å². The normalized spacial score (nSPS) is 12.8. The van der Waals surface area contributed by atoms with Crippen LogP contribution in [0.4, 0.5) is 17.1 Å². The highest BCUT2D eigenvalue weighted by atomic mass is 32.2. The summed E-state index contributed by atoms with van der Waals surface area (Å²) in [5.74, 6) is 0. The van der Waals surface area contributed by atoms with Gasteiger partial charge in [-0.1, -0.05) is 84.6 Å². The molecule has 0 atom stereocenters. The van der Waals surface area contributed by atoms with Crippen LogP contribution in [0, 0.1) is 0 Å². The lowest BCUT2D eigenvalue weighted by Gasteiger charge is -2.33. The first-order valence-corrected chi connectivity index (χ1v) is 15.0. The zero-order chi connectivity index (χ0) is 26.2. The number of fused-ring (bicyclic) bond motifs is 9. The molecule has 2 nitrogen and oxygen atoms in total. The smallest absolute Gasteiger partial charge is 0.136 e. The highest BCUT2D eigenvalue weighted by Crippen LogP contribution is 2.52. The van der Waals surface area contributed by atoms with E-state index in [9.17, 15) is 0 Å². The van der Waals surface area contributed by atoms with Crippen molar-refractivity contribution in [2.75, 3.05) is 4.90 Å². The highest BCUT2D eigenvalue weighted by Gasteiger charge is 2.24. The Labute approximate surface area is 239 Å². The molecular formula is C36H21NOS2. The molecule has 0 unspecified atom stereocenters. The van der Waals surface area contributed by atoms with Gasteiger partial charge < -0.3 is 9.32 Å². The summed E-state index contributed by atoms with van der Waals surface area (Å²) >= 11 is 3.71. The largest absolute Gasteiger partial charge is 0.456 e. The van der Waals surface area contributed by atoms with Gasteiger partial charge in [-0.3, -0.25) is 0 Å². The second-order valence-electron chi connectivity index (χ2n) is 10.1. The van der Waals surface area contributed by atoms with Crippen LogP contribution in [-0.2, 0) is 0 Å². The van der Waals surface area contributed by atoms with Crippen molar-refractivity contribution in [1.82, 2.24) is 0 Å². The van der Waals surface area contributed by atoms with Crippen molar-refractivity contribution < 1.29 is 4.42 Å². The molecule has 2 aromatic heterocycles. The minimum Gasteiger partial charge on any atom is -0.456 e. The monoisotopic (exact) mass is 547 g/mol. The van der Waals surface area contributed by atoms with Gasteiger partial charge in [0.05, 0.1) is 11.4 Å². The fourth-order valence-corrected chi connectivity index (χ4v) is 8.53. The van der Waals surface area contributed by atoms with Crippen LogP contribution in [0.2, 0.25) is 0 Å². The minimum absolute atomic E-state index is 0.940. The standard InChI is InChI=1S/C36H21NOS2/c1-4-16-30-27(11-1)34-31(38-30)20-19-26-25-13-8-12-24(35(25)40-36(26)34)22-9-7-10-23(21-22)37-28-14-2-5-17-32(28)39-33-18-6-3-15-29(33)37/h1-21H. The number of hydrogen-bond donors (Lipinski definition) is 0. The zero-order valence-electron chi connectivity index (χ0n) is 21.3. The predicted molar refractivity (Wildman–Crippen MR) is 171 cm³/mol. The lowest BCUT2D eigenvalue weighted by molar-refractivity contribution is 0.669. The van der Waals surface area contributed by atoms with Gasteiger partial charge >= 0.3 is 0 Å². The lowest BCUT2D eigenvalue weighted by atomic mass is 10.0. The Morgan fingerprint density at radius 1 is 0.525 bits per heavy atom. The van der Waals surface area contributed by atoms with E-state index in [1.807, 2.05) is 29.2 Å². The van der Waals surface area contributed by atoms with E-state index in [0.29, 0.717) is 0 Å². The maximum atomic E-state index is 6.21. The van der Waals surface area contributed by atoms with Crippen LogP contribution < -0.4 is 4.90 Å². The fraction of sp³-hybridized carbons (Fsp3) is 0. The zero-order valence-corrected chi connectivity index (χ0v) is 22.9. The molecule has 0 aliphatic carbocycles. The van der Waals surface area contributed by atoms with Gasteiger partial charge in [0.25, 0.3) is 0 Å². The SMILES string of the molecule is c1cc(-c2cccc3c2sc2c3ccc3oc4ccccc4c32)cc(N2c3ccccc3Sc3ccccc32)c1. The molecule has 0 bridgehead atoms. The second kappa shape index (κ2) is 8.49. The van der Waals surface area contributed by atoms with E-state index in [1.165, 1.54) is 68.9 Å². The summed E-state index contributed by atoms with van der Waals surface area (Å²) in [7, 11) is 0. The molecule has 4 heteroatoms. The van der Waals surface area contributed by atoms with E-state index in [-0.39, 0.29) is 0 Å². The van der Waals surface area contributed by atoms with Crippen LogP contribution in [-0.4, -0.2) is 0 Å². The third-order valence-electron chi connectivity index (χ3n) is 7.85. The van der Waals surface area contributed by atoms with E-state index >= 15 is 0 Å². The summed E-state index contributed by atoms with van der Waals surface area (Å²) in [4.78, 5) is 4.95. The molecule has 8 aromatic rings. The molecule has 0 radical (unpaired) electrons. The molecule has 0 fully saturated rings. The van der Waals surface area contributed by atoms with E-state index < -0.39 is 0 Å². The van der Waals surface area contributed by atoms with Gasteiger partial charge in [0.15, 0.2) is 0 Å². The summed E-state index contributed by atoms with van der Waals surface area (Å²) in [5, 5.41) is 4.97. The van der Waals surface area contributed by atoms with Crippen molar-refractivity contribution in [3.8, 4) is 11.1 Å². The van der Waals surface area contributed by atoms with E-state index in [0.717, 1.165) is 11.2 Å². The van der Waals surface area contributed by atoms with Gasteiger partial charge in [0.1, 0.15) is 11.2 Å². The lowest BCUT2D eigenvalue weighted by Crippen LogP contribution is -2.14. The molecule has 9 rings (SSSR count). The van der Waals surface area contributed by atoms with Crippen LogP contribution in [0.15, 0.2) is 142 Å². The Morgan fingerprint density at radius 3 is 2.08 bits per heavy atom. The van der Waals surface area contributed by atoms with Crippen molar-refractivity contribution in [1.29, 1.82) is 0 Å².